The fourth-order valence-electron chi connectivity index (χ4n) is 2.48. The third kappa shape index (κ3) is 4.88. The Bertz CT molecular complexity index is 543. The molecule has 0 radical (unpaired) electrons. The Morgan fingerprint density at radius 1 is 1.14 bits per heavy atom. The summed E-state index contributed by atoms with van der Waals surface area (Å²) in [5, 5.41) is 2.84. The zero-order chi connectivity index (χ0) is 15.5. The first-order valence-corrected chi connectivity index (χ1v) is 7.47. The number of carbonyl (C=O) groups excluding carboxylic acids is 2. The maximum atomic E-state index is 11.9. The van der Waals surface area contributed by atoms with E-state index in [1.807, 2.05) is 32.9 Å². The van der Waals surface area contributed by atoms with E-state index in [1.165, 1.54) is 17.5 Å². The molecule has 1 aromatic carbocycles. The molecule has 1 amide bonds. The minimum atomic E-state index is -0.506. The van der Waals surface area contributed by atoms with E-state index in [9.17, 15) is 9.59 Å². The van der Waals surface area contributed by atoms with E-state index in [4.69, 9.17) is 4.74 Å². The summed E-state index contributed by atoms with van der Waals surface area (Å²) in [7, 11) is 0. The molecule has 114 valence electrons. The quantitative estimate of drug-likeness (QED) is 0.866. The lowest BCUT2D eigenvalue weighted by molar-refractivity contribution is -0.155. The van der Waals surface area contributed by atoms with Gasteiger partial charge in [-0.1, -0.05) is 6.07 Å². The van der Waals surface area contributed by atoms with Crippen LogP contribution in [0.4, 0.5) is 5.69 Å². The van der Waals surface area contributed by atoms with Crippen molar-refractivity contribution >= 4 is 17.6 Å². The fraction of sp³-hybridized carbons (Fsp3) is 0.529. The minimum absolute atomic E-state index is 0.105. The normalized spacial score (nSPS) is 13.7. The Kier molecular flexibility index (Phi) is 4.66. The summed E-state index contributed by atoms with van der Waals surface area (Å²) >= 11 is 0. The molecule has 0 atom stereocenters. The molecule has 21 heavy (non-hydrogen) atoms. The summed E-state index contributed by atoms with van der Waals surface area (Å²) in [5.41, 5.74) is 3.00. The largest absolute Gasteiger partial charge is 0.460 e. The van der Waals surface area contributed by atoms with Crippen molar-refractivity contribution in [1.82, 2.24) is 0 Å². The number of ether oxygens (including phenoxy) is 1. The van der Waals surface area contributed by atoms with Crippen molar-refractivity contribution < 1.29 is 14.3 Å². The molecule has 4 nitrogen and oxygen atoms in total. The highest BCUT2D eigenvalue weighted by Crippen LogP contribution is 2.25. The van der Waals surface area contributed by atoms with E-state index < -0.39 is 5.60 Å². The summed E-state index contributed by atoms with van der Waals surface area (Å²) in [4.78, 5) is 23.4. The van der Waals surface area contributed by atoms with Crippen molar-refractivity contribution in [2.75, 3.05) is 5.32 Å². The Morgan fingerprint density at radius 3 is 2.57 bits per heavy atom. The van der Waals surface area contributed by atoms with E-state index in [-0.39, 0.29) is 24.7 Å². The SMILES string of the molecule is CC(C)(C)OC(=O)CCC(=O)Nc1ccc2c(c1)CCC2. The molecular weight excluding hydrogens is 266 g/mol. The third-order valence-electron chi connectivity index (χ3n) is 3.36. The Balaban J connectivity index is 1.81. The summed E-state index contributed by atoms with van der Waals surface area (Å²) in [6.07, 6.45) is 3.64. The molecule has 1 aliphatic rings. The van der Waals surface area contributed by atoms with Crippen LogP contribution in [0.5, 0.6) is 0 Å². The van der Waals surface area contributed by atoms with Crippen molar-refractivity contribution in [2.45, 2.75) is 58.5 Å². The second kappa shape index (κ2) is 6.29. The van der Waals surface area contributed by atoms with Gasteiger partial charge in [-0.3, -0.25) is 9.59 Å². The molecule has 0 saturated carbocycles. The van der Waals surface area contributed by atoms with Crippen LogP contribution < -0.4 is 5.32 Å². The highest BCUT2D eigenvalue weighted by atomic mass is 16.6. The van der Waals surface area contributed by atoms with Crippen LogP contribution in [0.2, 0.25) is 0 Å². The Labute approximate surface area is 125 Å². The van der Waals surface area contributed by atoms with Crippen LogP contribution in [0.1, 0.15) is 51.2 Å². The summed E-state index contributed by atoms with van der Waals surface area (Å²) in [6, 6.07) is 6.04. The standard InChI is InChI=1S/C17H23NO3/c1-17(2,3)21-16(20)10-9-15(19)18-14-8-7-12-5-4-6-13(12)11-14/h7-8,11H,4-6,9-10H2,1-3H3,(H,18,19). The number of carbonyl (C=O) groups is 2. The maximum absolute atomic E-state index is 11.9. The number of fused-ring (bicyclic) bond motifs is 1. The topological polar surface area (TPSA) is 55.4 Å². The van der Waals surface area contributed by atoms with Crippen molar-refractivity contribution in [2.24, 2.45) is 0 Å². The molecule has 1 N–H and O–H groups in total. The average molecular weight is 289 g/mol. The summed E-state index contributed by atoms with van der Waals surface area (Å²) in [5.74, 6) is -0.495. The third-order valence-corrected chi connectivity index (χ3v) is 3.36. The minimum Gasteiger partial charge on any atom is -0.460 e. The predicted molar refractivity (Wildman–Crippen MR) is 82.2 cm³/mol. The summed E-state index contributed by atoms with van der Waals surface area (Å²) in [6.45, 7) is 5.44. The number of benzene rings is 1. The smallest absolute Gasteiger partial charge is 0.306 e. The van der Waals surface area contributed by atoms with Gasteiger partial charge in [-0.25, -0.2) is 0 Å². The highest BCUT2D eigenvalue weighted by Gasteiger charge is 2.17. The number of aryl methyl sites for hydroxylation is 2. The number of amides is 1. The van der Waals surface area contributed by atoms with Gasteiger partial charge in [0, 0.05) is 12.1 Å². The van der Waals surface area contributed by atoms with Gasteiger partial charge in [-0.2, -0.15) is 0 Å². The molecule has 0 unspecified atom stereocenters. The van der Waals surface area contributed by atoms with Crippen molar-refractivity contribution in [3.63, 3.8) is 0 Å². The molecule has 0 fully saturated rings. The second-order valence-corrected chi connectivity index (χ2v) is 6.47. The van der Waals surface area contributed by atoms with Gasteiger partial charge in [0.2, 0.25) is 5.91 Å². The Morgan fingerprint density at radius 2 is 1.86 bits per heavy atom. The van der Waals surface area contributed by atoms with Crippen LogP contribution >= 0.6 is 0 Å². The lowest BCUT2D eigenvalue weighted by Gasteiger charge is -2.19. The van der Waals surface area contributed by atoms with Gasteiger partial charge in [0.05, 0.1) is 6.42 Å². The van der Waals surface area contributed by atoms with Crippen LogP contribution in [-0.2, 0) is 27.2 Å². The Hall–Kier alpha value is -1.84. The van der Waals surface area contributed by atoms with Gasteiger partial charge < -0.3 is 10.1 Å². The summed E-state index contributed by atoms with van der Waals surface area (Å²) < 4.78 is 5.18. The number of hydrogen-bond donors (Lipinski definition) is 1. The highest BCUT2D eigenvalue weighted by molar-refractivity contribution is 5.92. The van der Waals surface area contributed by atoms with Crippen LogP contribution in [0, 0.1) is 0 Å². The van der Waals surface area contributed by atoms with Crippen molar-refractivity contribution in [1.29, 1.82) is 0 Å². The molecule has 1 aliphatic carbocycles. The number of rotatable bonds is 4. The maximum Gasteiger partial charge on any atom is 0.306 e. The number of hydrogen-bond acceptors (Lipinski definition) is 3. The first-order valence-electron chi connectivity index (χ1n) is 7.47. The molecule has 0 aromatic heterocycles. The fourth-order valence-corrected chi connectivity index (χ4v) is 2.48. The van der Waals surface area contributed by atoms with Gasteiger partial charge in [-0.15, -0.1) is 0 Å². The van der Waals surface area contributed by atoms with E-state index >= 15 is 0 Å². The zero-order valence-corrected chi connectivity index (χ0v) is 13.0. The molecule has 2 rings (SSSR count). The molecule has 4 heteroatoms. The molecule has 0 aliphatic heterocycles. The zero-order valence-electron chi connectivity index (χ0n) is 13.0. The predicted octanol–water partition coefficient (Wildman–Crippen LogP) is 3.24. The van der Waals surface area contributed by atoms with Crippen LogP contribution in [-0.4, -0.2) is 17.5 Å². The first kappa shape index (κ1) is 15.5. The lowest BCUT2D eigenvalue weighted by Crippen LogP contribution is -2.24. The molecule has 0 spiro atoms. The van der Waals surface area contributed by atoms with Crippen molar-refractivity contribution in [3.05, 3.63) is 29.3 Å². The molecule has 0 heterocycles. The van der Waals surface area contributed by atoms with E-state index in [2.05, 4.69) is 11.4 Å². The molecule has 1 aromatic rings. The van der Waals surface area contributed by atoms with Crippen LogP contribution in [0.25, 0.3) is 0 Å². The lowest BCUT2D eigenvalue weighted by atomic mass is 10.1. The van der Waals surface area contributed by atoms with Gasteiger partial charge in [0.25, 0.3) is 0 Å². The van der Waals surface area contributed by atoms with Crippen molar-refractivity contribution in [3.8, 4) is 0 Å². The number of anilines is 1. The van der Waals surface area contributed by atoms with E-state index in [0.29, 0.717) is 0 Å². The number of esters is 1. The molecule has 0 bridgehead atoms. The van der Waals surface area contributed by atoms with Gasteiger partial charge in [-0.05, 0) is 63.3 Å². The molecule has 0 saturated heterocycles. The number of nitrogens with one attached hydrogen (secondary N) is 1. The van der Waals surface area contributed by atoms with Crippen LogP contribution in [0.3, 0.4) is 0 Å². The monoisotopic (exact) mass is 289 g/mol. The second-order valence-electron chi connectivity index (χ2n) is 6.47. The van der Waals surface area contributed by atoms with E-state index in [1.54, 1.807) is 0 Å². The van der Waals surface area contributed by atoms with Gasteiger partial charge in [0.15, 0.2) is 0 Å². The van der Waals surface area contributed by atoms with Gasteiger partial charge in [0.1, 0.15) is 5.60 Å². The van der Waals surface area contributed by atoms with E-state index in [0.717, 1.165) is 18.5 Å². The van der Waals surface area contributed by atoms with Crippen LogP contribution in [0.15, 0.2) is 18.2 Å². The molecular formula is C17H23NO3. The van der Waals surface area contributed by atoms with Gasteiger partial charge >= 0.3 is 5.97 Å². The average Bonchev–Trinajstić information content (AvgIpc) is 2.81. The first-order chi connectivity index (χ1) is 9.83.